The van der Waals surface area contributed by atoms with E-state index in [0.717, 1.165) is 61.0 Å². The second kappa shape index (κ2) is 16.4. The molecule has 282 valence electrons. The molecule has 6 aromatic heterocycles. The zero-order valence-corrected chi connectivity index (χ0v) is 30.6. The summed E-state index contributed by atoms with van der Waals surface area (Å²) in [6.07, 6.45) is 3.57. The number of rotatable bonds is 8. The molecular weight excluding hydrogens is 737 g/mol. The molecule has 15 heteroatoms. The van der Waals surface area contributed by atoms with E-state index in [4.69, 9.17) is 20.8 Å². The number of hydrogen-bond acceptors (Lipinski definition) is 10. The van der Waals surface area contributed by atoms with Gasteiger partial charge in [-0.2, -0.15) is 0 Å². The fraction of sp³-hybridized carbons (Fsp3) is 0.0455. The minimum absolute atomic E-state index is 0. The van der Waals surface area contributed by atoms with Gasteiger partial charge in [0.1, 0.15) is 11.0 Å². The molecule has 4 aromatic carbocycles. The number of amides is 1. The summed E-state index contributed by atoms with van der Waals surface area (Å²) in [5, 5.41) is 28.2. The number of nitrogens with two attached hydrogens (primary N) is 1. The zero-order chi connectivity index (χ0) is 39.6. The number of nitrogens with zero attached hydrogens (tertiary/aromatic N) is 10. The van der Waals surface area contributed by atoms with Gasteiger partial charge in [0.25, 0.3) is 0 Å². The first-order valence-electron chi connectivity index (χ1n) is 18.2. The third-order valence-electron chi connectivity index (χ3n) is 9.61. The summed E-state index contributed by atoms with van der Waals surface area (Å²) in [6.45, 7) is 1.09. The Morgan fingerprint density at radius 1 is 0.542 bits per heavy atom. The van der Waals surface area contributed by atoms with Crippen LogP contribution in [-0.4, -0.2) is 85.8 Å². The van der Waals surface area contributed by atoms with E-state index >= 15 is 0 Å². The van der Waals surface area contributed by atoms with Gasteiger partial charge in [-0.15, -0.1) is 10.2 Å². The predicted molar refractivity (Wildman–Crippen MR) is 226 cm³/mol. The molecule has 59 heavy (non-hydrogen) atoms. The number of pyridine rings is 4. The van der Waals surface area contributed by atoms with Crippen LogP contribution in [0.1, 0.15) is 31.8 Å². The van der Waals surface area contributed by atoms with Crippen LogP contribution in [0, 0.1) is 0 Å². The molecule has 0 saturated carbocycles. The summed E-state index contributed by atoms with van der Waals surface area (Å²) in [5.41, 5.74) is 16.2. The average molecular weight is 770 g/mol. The van der Waals surface area contributed by atoms with E-state index in [0.29, 0.717) is 35.5 Å². The molecule has 0 spiro atoms. The SMILES string of the molecule is NC(=O)c1ccc(-c2ccc3nnn(Cc4ccc5ncccc5c4)c3n2)cc1.O=C(O)c1ccc(-c2ccc3nnn(Cc4ccc5ncccc5c4)c3n2)cc1.[LiH]. The Kier molecular flexibility index (Phi) is 10.6. The molecule has 0 aliphatic rings. The van der Waals surface area contributed by atoms with E-state index in [1.807, 2.05) is 84.9 Å². The summed E-state index contributed by atoms with van der Waals surface area (Å²) in [7, 11) is 0. The number of aromatic nitrogens is 10. The molecule has 0 saturated heterocycles. The first-order valence-corrected chi connectivity index (χ1v) is 18.2. The van der Waals surface area contributed by atoms with Crippen molar-refractivity contribution in [2.45, 2.75) is 13.1 Å². The van der Waals surface area contributed by atoms with Crippen LogP contribution in [0.25, 0.3) is 66.6 Å². The van der Waals surface area contributed by atoms with Gasteiger partial charge in [0.15, 0.2) is 11.3 Å². The number of aromatic carboxylic acids is 1. The molecule has 14 nitrogen and oxygen atoms in total. The molecule has 0 aliphatic carbocycles. The van der Waals surface area contributed by atoms with Crippen LogP contribution in [0.4, 0.5) is 0 Å². The normalized spacial score (nSPS) is 11.0. The fourth-order valence-corrected chi connectivity index (χ4v) is 6.62. The summed E-state index contributed by atoms with van der Waals surface area (Å²) in [6, 6.07) is 41.4. The van der Waals surface area contributed by atoms with E-state index in [-0.39, 0.29) is 24.4 Å². The summed E-state index contributed by atoms with van der Waals surface area (Å²) < 4.78 is 3.55. The molecule has 0 atom stereocenters. The van der Waals surface area contributed by atoms with E-state index in [1.54, 1.807) is 58.2 Å². The number of benzene rings is 4. The Labute approximate surface area is 347 Å². The monoisotopic (exact) mass is 769 g/mol. The van der Waals surface area contributed by atoms with Gasteiger partial charge in [0, 0.05) is 39.9 Å². The molecule has 6 heterocycles. The van der Waals surface area contributed by atoms with Gasteiger partial charge in [0.05, 0.1) is 41.1 Å². The second-order valence-corrected chi connectivity index (χ2v) is 13.5. The van der Waals surface area contributed by atoms with Gasteiger partial charge < -0.3 is 10.8 Å². The predicted octanol–water partition coefficient (Wildman–Crippen LogP) is 6.33. The maximum absolute atomic E-state index is 11.3. The molecule has 0 bridgehead atoms. The van der Waals surface area contributed by atoms with Crippen molar-refractivity contribution in [2.75, 3.05) is 0 Å². The van der Waals surface area contributed by atoms with Crippen molar-refractivity contribution in [3.63, 3.8) is 0 Å². The summed E-state index contributed by atoms with van der Waals surface area (Å²) in [5.74, 6) is -1.40. The molecule has 0 radical (unpaired) electrons. The number of primary amides is 1. The van der Waals surface area contributed by atoms with Gasteiger partial charge in [-0.1, -0.05) is 59.0 Å². The number of carbonyl (C=O) groups excluding carboxylic acids is 1. The Morgan fingerprint density at radius 2 is 0.983 bits per heavy atom. The second-order valence-electron chi connectivity index (χ2n) is 13.5. The fourth-order valence-electron chi connectivity index (χ4n) is 6.62. The first kappa shape index (κ1) is 38.2. The van der Waals surface area contributed by atoms with Crippen molar-refractivity contribution >= 4 is 74.9 Å². The van der Waals surface area contributed by atoms with Gasteiger partial charge in [0.2, 0.25) is 5.91 Å². The summed E-state index contributed by atoms with van der Waals surface area (Å²) >= 11 is 0. The third-order valence-corrected chi connectivity index (χ3v) is 9.61. The van der Waals surface area contributed by atoms with Crippen LogP contribution in [0.3, 0.4) is 0 Å². The maximum atomic E-state index is 11.3. The third kappa shape index (κ3) is 8.12. The van der Waals surface area contributed by atoms with Crippen LogP contribution < -0.4 is 5.73 Å². The van der Waals surface area contributed by atoms with Gasteiger partial charge in [-0.3, -0.25) is 14.8 Å². The standard InChI is InChI=1S/C22H16N6O.C22H15N5O2.Li.H/c23-21(29)16-6-4-15(5-7-16)19-9-10-20-22(25-19)28(27-26-20)13-14-3-8-18-17(12-14)2-1-11-24-18;28-22(29)16-6-4-15(5-7-16)19-9-10-20-21(24-19)27(26-25-20)13-14-3-8-18-17(12-14)2-1-11-23-18;;/h1-12H,13H2,(H2,23,29);1-12H,13H2,(H,28,29);;. The number of carboxylic acids is 1. The molecule has 10 aromatic rings. The number of carboxylic acid groups (broad SMARTS) is 1. The minimum atomic E-state index is -0.951. The van der Waals surface area contributed by atoms with E-state index < -0.39 is 11.9 Å². The summed E-state index contributed by atoms with van der Waals surface area (Å²) in [4.78, 5) is 40.5. The van der Waals surface area contributed by atoms with Crippen molar-refractivity contribution in [1.29, 1.82) is 0 Å². The van der Waals surface area contributed by atoms with Crippen LogP contribution >= 0.6 is 0 Å². The van der Waals surface area contributed by atoms with Crippen molar-refractivity contribution in [3.05, 3.63) is 168 Å². The van der Waals surface area contributed by atoms with E-state index in [9.17, 15) is 9.59 Å². The Balaban J connectivity index is 0.000000161. The molecular formula is C44H32LiN11O3. The van der Waals surface area contributed by atoms with Gasteiger partial charge >= 0.3 is 24.8 Å². The topological polar surface area (TPSA) is 193 Å². The Morgan fingerprint density at radius 3 is 1.42 bits per heavy atom. The molecule has 10 rings (SSSR count). The first-order chi connectivity index (χ1) is 28.3. The van der Waals surface area contributed by atoms with Gasteiger partial charge in [-0.05, 0) is 96.1 Å². The number of carbonyl (C=O) groups is 2. The van der Waals surface area contributed by atoms with E-state index in [2.05, 4.69) is 42.7 Å². The Hall–Kier alpha value is -7.66. The van der Waals surface area contributed by atoms with Crippen molar-refractivity contribution < 1.29 is 14.7 Å². The molecule has 0 aliphatic heterocycles. The Bertz CT molecular complexity index is 2940. The average Bonchev–Trinajstić information content (AvgIpc) is 3.86. The number of fused-ring (bicyclic) bond motifs is 4. The quantitative estimate of drug-likeness (QED) is 0.164. The molecule has 0 fully saturated rings. The van der Waals surface area contributed by atoms with Gasteiger partial charge in [-0.25, -0.2) is 24.1 Å². The van der Waals surface area contributed by atoms with Crippen molar-refractivity contribution in [2.24, 2.45) is 5.73 Å². The molecule has 1 amide bonds. The number of hydrogen-bond donors (Lipinski definition) is 2. The van der Waals surface area contributed by atoms with E-state index in [1.165, 1.54) is 0 Å². The van der Waals surface area contributed by atoms with Crippen LogP contribution in [-0.2, 0) is 13.1 Å². The van der Waals surface area contributed by atoms with Crippen LogP contribution in [0.2, 0.25) is 0 Å². The molecule has 0 unspecified atom stereocenters. The van der Waals surface area contributed by atoms with Crippen molar-refractivity contribution in [3.8, 4) is 22.5 Å². The van der Waals surface area contributed by atoms with Crippen LogP contribution in [0.15, 0.2) is 146 Å². The van der Waals surface area contributed by atoms with Crippen LogP contribution in [0.5, 0.6) is 0 Å². The zero-order valence-electron chi connectivity index (χ0n) is 30.6. The molecule has 3 N–H and O–H groups in total. The van der Waals surface area contributed by atoms with Crippen molar-refractivity contribution in [1.82, 2.24) is 49.9 Å².